The molecule has 0 atom stereocenters. The summed E-state index contributed by atoms with van der Waals surface area (Å²) in [4.78, 5) is 8.22. The summed E-state index contributed by atoms with van der Waals surface area (Å²) in [5, 5.41) is 3.29. The monoisotopic (exact) mass is 285 g/mol. The van der Waals surface area contributed by atoms with Crippen LogP contribution in [0.3, 0.4) is 0 Å². The quantitative estimate of drug-likeness (QED) is 0.571. The number of hydrogen-bond acceptors (Lipinski definition) is 5. The van der Waals surface area contributed by atoms with Gasteiger partial charge >= 0.3 is 0 Å². The minimum Gasteiger partial charge on any atom is -0.369 e. The van der Waals surface area contributed by atoms with Crippen LogP contribution in [0, 0.1) is 5.92 Å². The van der Waals surface area contributed by atoms with Crippen molar-refractivity contribution in [2.75, 3.05) is 17.3 Å². The molecule has 0 radical (unpaired) electrons. The lowest BCUT2D eigenvalue weighted by molar-refractivity contribution is 0.303. The lowest BCUT2D eigenvalue weighted by Crippen LogP contribution is -2.17. The molecular weight excluding hydrogens is 270 g/mol. The normalized spacial score (nSPS) is 15.6. The fourth-order valence-electron chi connectivity index (χ4n) is 1.74. The Morgan fingerprint density at radius 3 is 2.94 bits per heavy atom. The molecule has 0 spiro atoms. The fourth-order valence-corrected chi connectivity index (χ4v) is 2.07. The first-order valence-corrected chi connectivity index (χ1v) is 6.32. The maximum absolute atomic E-state index is 5.26. The average Bonchev–Trinajstić information content (AvgIpc) is 2.24. The Bertz CT molecular complexity index is 353. The standard InChI is InChI=1S/C10H16BrN5/c11-8-6-14-10(16-12)15-9(8)13-5-4-7-2-1-3-7/h6-7H,1-5,12H2,(H2,13,14,15,16). The number of nitrogens with zero attached hydrogens (tertiary/aromatic N) is 2. The molecule has 1 aromatic rings. The van der Waals surface area contributed by atoms with E-state index < -0.39 is 0 Å². The topological polar surface area (TPSA) is 75.9 Å². The van der Waals surface area contributed by atoms with E-state index >= 15 is 0 Å². The zero-order valence-electron chi connectivity index (χ0n) is 9.04. The maximum atomic E-state index is 5.26. The van der Waals surface area contributed by atoms with E-state index in [0.29, 0.717) is 5.95 Å². The third-order valence-corrected chi connectivity index (χ3v) is 3.52. The molecule has 1 saturated carbocycles. The molecule has 5 nitrogen and oxygen atoms in total. The lowest BCUT2D eigenvalue weighted by Gasteiger charge is -2.25. The largest absolute Gasteiger partial charge is 0.369 e. The van der Waals surface area contributed by atoms with E-state index in [-0.39, 0.29) is 0 Å². The molecule has 1 aliphatic rings. The van der Waals surface area contributed by atoms with Crippen molar-refractivity contribution >= 4 is 27.7 Å². The first kappa shape index (κ1) is 11.6. The van der Waals surface area contributed by atoms with Crippen molar-refractivity contribution in [3.63, 3.8) is 0 Å². The number of halogens is 1. The van der Waals surface area contributed by atoms with Gasteiger partial charge in [-0.1, -0.05) is 19.3 Å². The van der Waals surface area contributed by atoms with E-state index in [1.165, 1.54) is 25.7 Å². The SMILES string of the molecule is NNc1ncc(Br)c(NCCC2CCC2)n1. The highest BCUT2D eigenvalue weighted by atomic mass is 79.9. The summed E-state index contributed by atoms with van der Waals surface area (Å²) < 4.78 is 0.861. The van der Waals surface area contributed by atoms with Crippen LogP contribution >= 0.6 is 15.9 Å². The summed E-state index contributed by atoms with van der Waals surface area (Å²) in [6, 6.07) is 0. The number of hydrogen-bond donors (Lipinski definition) is 3. The van der Waals surface area contributed by atoms with Gasteiger partial charge < -0.3 is 5.32 Å². The van der Waals surface area contributed by atoms with E-state index in [9.17, 15) is 0 Å². The number of rotatable bonds is 5. The van der Waals surface area contributed by atoms with Gasteiger partial charge in [0.15, 0.2) is 0 Å². The van der Waals surface area contributed by atoms with E-state index in [2.05, 4.69) is 36.6 Å². The second kappa shape index (κ2) is 5.45. The smallest absolute Gasteiger partial charge is 0.239 e. The number of nitrogens with two attached hydrogens (primary N) is 1. The predicted molar refractivity (Wildman–Crippen MR) is 68.0 cm³/mol. The first-order chi connectivity index (χ1) is 7.79. The molecule has 6 heteroatoms. The molecule has 4 N–H and O–H groups in total. The molecule has 0 saturated heterocycles. The van der Waals surface area contributed by atoms with Gasteiger partial charge in [0, 0.05) is 12.7 Å². The van der Waals surface area contributed by atoms with Crippen molar-refractivity contribution in [1.82, 2.24) is 9.97 Å². The van der Waals surface area contributed by atoms with Crippen LogP contribution in [0.15, 0.2) is 10.7 Å². The van der Waals surface area contributed by atoms with Crippen LogP contribution in [0.25, 0.3) is 0 Å². The lowest BCUT2D eigenvalue weighted by atomic mass is 9.83. The maximum Gasteiger partial charge on any atom is 0.239 e. The average molecular weight is 286 g/mol. The molecule has 1 heterocycles. The van der Waals surface area contributed by atoms with E-state index in [0.717, 1.165) is 22.8 Å². The second-order valence-electron chi connectivity index (χ2n) is 4.05. The van der Waals surface area contributed by atoms with Crippen molar-refractivity contribution in [3.05, 3.63) is 10.7 Å². The van der Waals surface area contributed by atoms with E-state index in [1.807, 2.05) is 0 Å². The van der Waals surface area contributed by atoms with Gasteiger partial charge in [-0.3, -0.25) is 5.43 Å². The van der Waals surface area contributed by atoms with Crippen LogP contribution in [-0.4, -0.2) is 16.5 Å². The minimum atomic E-state index is 0.425. The van der Waals surface area contributed by atoms with Crippen molar-refractivity contribution < 1.29 is 0 Å². The molecule has 2 rings (SSSR count). The Labute approximate surface area is 103 Å². The van der Waals surface area contributed by atoms with Crippen LogP contribution in [-0.2, 0) is 0 Å². The number of aromatic nitrogens is 2. The molecule has 0 amide bonds. The second-order valence-corrected chi connectivity index (χ2v) is 4.90. The van der Waals surface area contributed by atoms with Crippen LogP contribution < -0.4 is 16.6 Å². The Kier molecular flexibility index (Phi) is 3.95. The fraction of sp³-hybridized carbons (Fsp3) is 0.600. The summed E-state index contributed by atoms with van der Waals surface area (Å²) in [7, 11) is 0. The zero-order chi connectivity index (χ0) is 11.4. The molecule has 1 aromatic heterocycles. The Balaban J connectivity index is 1.86. The third-order valence-electron chi connectivity index (χ3n) is 2.94. The molecule has 16 heavy (non-hydrogen) atoms. The molecule has 0 unspecified atom stereocenters. The third kappa shape index (κ3) is 2.82. The first-order valence-electron chi connectivity index (χ1n) is 5.52. The van der Waals surface area contributed by atoms with Crippen LogP contribution in [0.1, 0.15) is 25.7 Å². The highest BCUT2D eigenvalue weighted by Gasteiger charge is 2.16. The molecule has 1 aliphatic carbocycles. The summed E-state index contributed by atoms with van der Waals surface area (Å²) >= 11 is 3.40. The molecule has 0 aliphatic heterocycles. The Morgan fingerprint density at radius 2 is 2.31 bits per heavy atom. The van der Waals surface area contributed by atoms with Gasteiger partial charge in [-0.25, -0.2) is 10.8 Å². The highest BCUT2D eigenvalue weighted by Crippen LogP contribution is 2.29. The number of anilines is 2. The molecule has 0 bridgehead atoms. The molecular formula is C10H16BrN5. The van der Waals surface area contributed by atoms with Crippen LogP contribution in [0.4, 0.5) is 11.8 Å². The van der Waals surface area contributed by atoms with Crippen molar-refractivity contribution in [2.45, 2.75) is 25.7 Å². The van der Waals surface area contributed by atoms with Gasteiger partial charge in [0.1, 0.15) is 5.82 Å². The minimum absolute atomic E-state index is 0.425. The van der Waals surface area contributed by atoms with Crippen LogP contribution in [0.2, 0.25) is 0 Å². The van der Waals surface area contributed by atoms with Crippen molar-refractivity contribution in [2.24, 2.45) is 11.8 Å². The Hall–Kier alpha value is -0.880. The summed E-state index contributed by atoms with van der Waals surface area (Å²) in [5.74, 6) is 7.38. The molecule has 0 aromatic carbocycles. The van der Waals surface area contributed by atoms with E-state index in [4.69, 9.17) is 5.84 Å². The van der Waals surface area contributed by atoms with Gasteiger partial charge in [-0.2, -0.15) is 4.98 Å². The van der Waals surface area contributed by atoms with Gasteiger partial charge in [0.2, 0.25) is 5.95 Å². The molecule has 88 valence electrons. The summed E-state index contributed by atoms with van der Waals surface area (Å²) in [6.07, 6.45) is 7.04. The van der Waals surface area contributed by atoms with E-state index in [1.54, 1.807) is 6.20 Å². The Morgan fingerprint density at radius 1 is 1.50 bits per heavy atom. The van der Waals surface area contributed by atoms with Crippen molar-refractivity contribution in [3.8, 4) is 0 Å². The summed E-state index contributed by atoms with van der Waals surface area (Å²) in [5.41, 5.74) is 2.43. The number of hydrazine groups is 1. The van der Waals surface area contributed by atoms with Gasteiger partial charge in [-0.15, -0.1) is 0 Å². The highest BCUT2D eigenvalue weighted by molar-refractivity contribution is 9.10. The number of nitrogens with one attached hydrogen (secondary N) is 2. The summed E-state index contributed by atoms with van der Waals surface area (Å²) in [6.45, 7) is 0.949. The van der Waals surface area contributed by atoms with Gasteiger partial charge in [-0.05, 0) is 28.3 Å². The number of nitrogen functional groups attached to an aromatic ring is 1. The van der Waals surface area contributed by atoms with Gasteiger partial charge in [0.25, 0.3) is 0 Å². The predicted octanol–water partition coefficient (Wildman–Crippen LogP) is 2.13. The van der Waals surface area contributed by atoms with Gasteiger partial charge in [0.05, 0.1) is 4.47 Å². The zero-order valence-corrected chi connectivity index (χ0v) is 10.6. The van der Waals surface area contributed by atoms with Crippen molar-refractivity contribution in [1.29, 1.82) is 0 Å². The molecule has 1 fully saturated rings. The van der Waals surface area contributed by atoms with Crippen LogP contribution in [0.5, 0.6) is 0 Å².